The number of aliphatic hydroxyl groups is 2. The van der Waals surface area contributed by atoms with Gasteiger partial charge in [-0.3, -0.25) is 15.0 Å². The maximum atomic E-state index is 12.5. The second kappa shape index (κ2) is 5.70. The van der Waals surface area contributed by atoms with Crippen molar-refractivity contribution in [2.45, 2.75) is 29.6 Å². The van der Waals surface area contributed by atoms with Gasteiger partial charge in [0.2, 0.25) is 5.66 Å². The fraction of sp³-hybridized carbons (Fsp3) is 0.700. The van der Waals surface area contributed by atoms with Crippen molar-refractivity contribution in [2.75, 3.05) is 13.2 Å². The third kappa shape index (κ3) is 2.67. The summed E-state index contributed by atoms with van der Waals surface area (Å²) >= 11 is 0. The van der Waals surface area contributed by atoms with Gasteiger partial charge in [-0.1, -0.05) is 0 Å². The number of carbonyl (C=O) groups excluding carboxylic acids is 1. The van der Waals surface area contributed by atoms with Gasteiger partial charge in [-0.15, -0.1) is 0 Å². The van der Waals surface area contributed by atoms with Crippen LogP contribution in [0.25, 0.3) is 0 Å². The Bertz CT molecular complexity index is 842. The summed E-state index contributed by atoms with van der Waals surface area (Å²) in [6, 6.07) is -2.81. The molecule has 0 aromatic carbocycles. The van der Waals surface area contributed by atoms with E-state index in [0.717, 1.165) is 4.90 Å². The molecule has 0 saturated carbocycles. The Morgan fingerprint density at radius 2 is 2.11 bits per heavy atom. The number of guanidine groups is 2. The number of hydroxylamine groups is 1. The van der Waals surface area contributed by atoms with E-state index in [1.165, 1.54) is 0 Å². The number of hydrogen-bond donors (Lipinski definition) is 7. The monoisotopic (exact) mass is 411 g/mol. The molecule has 10 N–H and O–H groups in total. The van der Waals surface area contributed by atoms with Crippen LogP contribution < -0.4 is 22.5 Å². The van der Waals surface area contributed by atoms with E-state index in [1.54, 1.807) is 0 Å². The number of ether oxygens (including phenoxy) is 1. The van der Waals surface area contributed by atoms with Gasteiger partial charge >= 0.3 is 22.5 Å². The highest BCUT2D eigenvalue weighted by Crippen LogP contribution is 2.45. The Hall–Kier alpha value is -2.60. The molecular formula is C10H17N7O9S. The van der Waals surface area contributed by atoms with Crippen LogP contribution >= 0.6 is 0 Å². The predicted molar refractivity (Wildman–Crippen MR) is 83.7 cm³/mol. The molecule has 0 aliphatic carbocycles. The van der Waals surface area contributed by atoms with Crippen molar-refractivity contribution >= 4 is 28.4 Å². The lowest BCUT2D eigenvalue weighted by Crippen LogP contribution is -2.79. The summed E-state index contributed by atoms with van der Waals surface area (Å²) < 4.78 is 40.1. The van der Waals surface area contributed by atoms with Gasteiger partial charge in [0.1, 0.15) is 19.2 Å². The molecule has 4 unspecified atom stereocenters. The summed E-state index contributed by atoms with van der Waals surface area (Å²) in [5.41, 5.74) is 14.1. The molecule has 1 fully saturated rings. The molecule has 4 atom stereocenters. The molecule has 3 rings (SSSR count). The minimum atomic E-state index is -5.10. The first kappa shape index (κ1) is 19.2. The molecule has 27 heavy (non-hydrogen) atoms. The zero-order valence-corrected chi connectivity index (χ0v) is 14.2. The highest BCUT2D eigenvalue weighted by molar-refractivity contribution is 7.80. The highest BCUT2D eigenvalue weighted by atomic mass is 32.3. The number of nitrogens with two attached hydrogens (primary N) is 3. The molecule has 0 radical (unpaired) electrons. The molecular weight excluding hydrogens is 394 g/mol. The molecule has 1 amide bonds. The van der Waals surface area contributed by atoms with Gasteiger partial charge in [-0.2, -0.15) is 8.42 Å². The van der Waals surface area contributed by atoms with Crippen LogP contribution in [0.4, 0.5) is 4.79 Å². The van der Waals surface area contributed by atoms with Crippen LogP contribution in [0.5, 0.6) is 0 Å². The number of amides is 1. The van der Waals surface area contributed by atoms with Crippen LogP contribution in [-0.4, -0.2) is 93.6 Å². The first-order valence-corrected chi connectivity index (χ1v) is 8.68. The number of nitrogens with one attached hydrogen (secondary N) is 1. The lowest BCUT2D eigenvalue weighted by atomic mass is 9.86. The van der Waals surface area contributed by atoms with E-state index in [9.17, 15) is 28.6 Å². The highest BCUT2D eigenvalue weighted by Gasteiger charge is 2.78. The molecule has 1 saturated heterocycles. The third-order valence-corrected chi connectivity index (χ3v) is 5.09. The summed E-state index contributed by atoms with van der Waals surface area (Å²) in [6.45, 7) is -1.29. The van der Waals surface area contributed by atoms with Gasteiger partial charge in [0.15, 0.2) is 18.1 Å². The van der Waals surface area contributed by atoms with Crippen LogP contribution in [0, 0.1) is 5.21 Å². The molecule has 17 heteroatoms. The number of nitrogens with zero attached hydrogens (tertiary/aromatic N) is 3. The maximum absolute atomic E-state index is 12.5. The van der Waals surface area contributed by atoms with E-state index < -0.39 is 65.2 Å². The summed E-state index contributed by atoms with van der Waals surface area (Å²) in [6.07, 6.45) is -3.19. The van der Waals surface area contributed by atoms with Gasteiger partial charge in [0, 0.05) is 0 Å². The van der Waals surface area contributed by atoms with Crippen LogP contribution in [0.3, 0.4) is 0 Å². The summed E-state index contributed by atoms with van der Waals surface area (Å²) in [5, 5.41) is 36.3. The fourth-order valence-electron chi connectivity index (χ4n) is 3.59. The van der Waals surface area contributed by atoms with Crippen molar-refractivity contribution in [3.8, 4) is 0 Å². The Morgan fingerprint density at radius 1 is 1.48 bits per heavy atom. The van der Waals surface area contributed by atoms with Gasteiger partial charge in [-0.25, -0.2) is 18.9 Å². The van der Waals surface area contributed by atoms with Crippen LogP contribution in [0.15, 0.2) is 4.99 Å². The van der Waals surface area contributed by atoms with Crippen molar-refractivity contribution in [1.29, 1.82) is 0 Å². The minimum Gasteiger partial charge on any atom is -0.744 e. The van der Waals surface area contributed by atoms with Gasteiger partial charge < -0.3 is 36.9 Å². The van der Waals surface area contributed by atoms with Crippen LogP contribution in [0.1, 0.15) is 0 Å². The number of aliphatic imine (C=N–C) groups is 1. The molecule has 3 aliphatic rings. The number of hydrogen-bond acceptors (Lipinski definition) is 13. The van der Waals surface area contributed by atoms with Gasteiger partial charge in [0.25, 0.3) is 5.79 Å². The second-order valence-corrected chi connectivity index (χ2v) is 7.13. The smallest absolute Gasteiger partial charge is 0.404 e. The van der Waals surface area contributed by atoms with Crippen molar-refractivity contribution in [3.05, 3.63) is 5.21 Å². The fourth-order valence-corrected chi connectivity index (χ4v) is 4.08. The zero-order valence-electron chi connectivity index (χ0n) is 13.4. The average Bonchev–Trinajstić information content (AvgIpc) is 2.96. The first-order chi connectivity index (χ1) is 12.3. The quantitative estimate of drug-likeness (QED) is 0.0985. The van der Waals surface area contributed by atoms with Crippen molar-refractivity contribution in [1.82, 2.24) is 10.2 Å². The Labute approximate surface area is 151 Å². The van der Waals surface area contributed by atoms with E-state index in [2.05, 4.69) is 19.2 Å². The molecule has 3 heterocycles. The van der Waals surface area contributed by atoms with Crippen LogP contribution in [-0.2, 0) is 19.3 Å². The van der Waals surface area contributed by atoms with Gasteiger partial charge in [0.05, 0.1) is 0 Å². The normalized spacial score (nSPS) is 34.6. The van der Waals surface area contributed by atoms with E-state index in [4.69, 9.17) is 21.8 Å². The predicted octanol–water partition coefficient (Wildman–Crippen LogP) is -5.54. The summed E-state index contributed by atoms with van der Waals surface area (Å²) in [7, 11) is -5.10. The van der Waals surface area contributed by atoms with E-state index in [-0.39, 0.29) is 10.7 Å². The minimum absolute atomic E-state index is 0.182. The molecule has 0 aromatic heterocycles. The standard InChI is InChI=1S/C10H17N7O9S/c11-6-14-5-3(2-25-8(13)18)17(21)7(12)16-1-4(26-27(22,23)24)10(19,20)9(5,16)15-6/h3-5,19-20H,1-2,12H2,(H2,13,18)(H3,11,14,15)(H,22,23,24). The lowest BCUT2D eigenvalue weighted by Gasteiger charge is -2.47. The molecule has 3 aliphatic heterocycles. The number of carbonyl (C=O) groups is 1. The van der Waals surface area contributed by atoms with E-state index in [1.807, 2.05) is 0 Å². The topological polar surface area (TPSA) is 262 Å². The average molecular weight is 411 g/mol. The maximum Gasteiger partial charge on any atom is 0.404 e. The Morgan fingerprint density at radius 3 is 2.67 bits per heavy atom. The lowest BCUT2D eigenvalue weighted by molar-refractivity contribution is -0.529. The second-order valence-electron chi connectivity index (χ2n) is 6.08. The Balaban J connectivity index is 2.10. The molecule has 16 nitrogen and oxygen atoms in total. The number of primary amides is 1. The van der Waals surface area contributed by atoms with Crippen molar-refractivity contribution in [2.24, 2.45) is 22.2 Å². The molecule has 152 valence electrons. The largest absolute Gasteiger partial charge is 0.744 e. The molecule has 0 aromatic rings. The van der Waals surface area contributed by atoms with E-state index in [0.29, 0.717) is 0 Å². The van der Waals surface area contributed by atoms with E-state index >= 15 is 0 Å². The van der Waals surface area contributed by atoms with Crippen molar-refractivity contribution < 1.29 is 41.6 Å². The summed E-state index contributed by atoms with van der Waals surface area (Å²) in [5.74, 6) is -4.01. The van der Waals surface area contributed by atoms with Crippen molar-refractivity contribution in [3.63, 3.8) is 0 Å². The van der Waals surface area contributed by atoms with Gasteiger partial charge in [-0.05, 0) is 0 Å². The zero-order chi connectivity index (χ0) is 20.4. The molecule has 1 spiro atoms. The third-order valence-electron chi connectivity index (χ3n) is 4.61. The SMILES string of the molecule is NC(=O)OCC1C2N=C(N)NC23N(CC(OS(=O)(=O)O)C3(O)O)C(N)=[N+]1[O-]. The Kier molecular flexibility index (Phi) is 4.04. The first-order valence-electron chi connectivity index (χ1n) is 7.32. The molecule has 0 bridgehead atoms. The summed E-state index contributed by atoms with van der Waals surface area (Å²) in [4.78, 5) is 15.7. The van der Waals surface area contributed by atoms with Crippen LogP contribution in [0.2, 0.25) is 0 Å². The number of rotatable bonds is 4.